The number of thiophene rings is 1. The Morgan fingerprint density at radius 2 is 1.65 bits per heavy atom. The van der Waals surface area contributed by atoms with E-state index in [1.54, 1.807) is 29.8 Å². The number of aromatic nitrogens is 1. The molecule has 5 nitrogen and oxygen atoms in total. The molecule has 7 heteroatoms. The van der Waals surface area contributed by atoms with Gasteiger partial charge in [0.25, 0.3) is 10.0 Å². The largest absolute Gasteiger partial charge is 0.489 e. The van der Waals surface area contributed by atoms with Crippen LogP contribution in [0, 0.1) is 0 Å². The van der Waals surface area contributed by atoms with E-state index in [2.05, 4.69) is 36.4 Å². The zero-order chi connectivity index (χ0) is 23.5. The van der Waals surface area contributed by atoms with Gasteiger partial charge in [0.2, 0.25) is 0 Å². The molecule has 3 aromatic carbocycles. The first-order chi connectivity index (χ1) is 16.6. The number of rotatable bonds is 8. The summed E-state index contributed by atoms with van der Waals surface area (Å²) >= 11 is 1.21. The number of fused-ring (bicyclic) bond motifs is 1. The van der Waals surface area contributed by atoms with Crippen molar-refractivity contribution in [3.63, 3.8) is 0 Å². The minimum Gasteiger partial charge on any atom is -0.489 e. The van der Waals surface area contributed by atoms with Crippen molar-refractivity contribution in [1.29, 1.82) is 0 Å². The van der Waals surface area contributed by atoms with Crippen LogP contribution >= 0.6 is 11.3 Å². The fourth-order valence-corrected chi connectivity index (χ4v) is 6.46. The molecule has 2 aromatic heterocycles. The number of benzene rings is 3. The van der Waals surface area contributed by atoms with Crippen LogP contribution in [0.2, 0.25) is 0 Å². The third-order valence-electron chi connectivity index (χ3n) is 5.71. The van der Waals surface area contributed by atoms with Gasteiger partial charge in [0.05, 0.1) is 5.52 Å². The number of nitrogens with two attached hydrogens (primary N) is 1. The van der Waals surface area contributed by atoms with E-state index in [-0.39, 0.29) is 0 Å². The zero-order valence-corrected chi connectivity index (χ0v) is 20.1. The minimum absolute atomic E-state index is 0.308. The second kappa shape index (κ2) is 9.46. The Morgan fingerprint density at radius 1 is 0.882 bits per heavy atom. The van der Waals surface area contributed by atoms with Crippen LogP contribution in [0.5, 0.6) is 5.75 Å². The van der Waals surface area contributed by atoms with Crippen LogP contribution in [-0.2, 0) is 23.1 Å². The smallest absolute Gasteiger partial charge is 0.277 e. The molecule has 0 amide bonds. The van der Waals surface area contributed by atoms with E-state index in [0.717, 1.165) is 22.1 Å². The number of hydrogen-bond donors (Lipinski definition) is 1. The second-order valence-electron chi connectivity index (χ2n) is 7.96. The topological polar surface area (TPSA) is 74.3 Å². The van der Waals surface area contributed by atoms with E-state index in [4.69, 9.17) is 10.5 Å². The van der Waals surface area contributed by atoms with E-state index < -0.39 is 10.0 Å². The molecule has 0 unspecified atom stereocenters. The van der Waals surface area contributed by atoms with Crippen molar-refractivity contribution in [2.45, 2.75) is 17.2 Å². The number of ether oxygens (including phenoxy) is 1. The van der Waals surface area contributed by atoms with Crippen molar-refractivity contribution in [1.82, 2.24) is 3.97 Å². The van der Waals surface area contributed by atoms with E-state index in [0.29, 0.717) is 35.0 Å². The van der Waals surface area contributed by atoms with Gasteiger partial charge in [-0.1, -0.05) is 60.7 Å². The lowest BCUT2D eigenvalue weighted by atomic mass is 10.0. The second-order valence-corrected chi connectivity index (χ2v) is 10.9. The van der Waals surface area contributed by atoms with E-state index in [1.807, 2.05) is 30.3 Å². The Hall–Kier alpha value is -3.39. The SMILES string of the molecule is NCCc1cn(S(=O)(=O)c2cccs2)c2ccc(OCc3ccc(-c4ccccc4)cc3)cc12. The van der Waals surface area contributed by atoms with Crippen LogP contribution in [0.15, 0.2) is 101 Å². The first-order valence-electron chi connectivity index (χ1n) is 11.0. The van der Waals surface area contributed by atoms with Gasteiger partial charge in [0.1, 0.15) is 16.6 Å². The molecule has 0 saturated heterocycles. The van der Waals surface area contributed by atoms with Crippen molar-refractivity contribution in [3.8, 4) is 16.9 Å². The van der Waals surface area contributed by atoms with Gasteiger partial charge in [-0.2, -0.15) is 8.42 Å². The average Bonchev–Trinajstić information content (AvgIpc) is 3.54. The molecule has 0 bridgehead atoms. The summed E-state index contributed by atoms with van der Waals surface area (Å²) in [7, 11) is -3.66. The van der Waals surface area contributed by atoms with Crippen LogP contribution in [0.4, 0.5) is 0 Å². The molecular weight excluding hydrogens is 464 g/mol. The molecule has 2 heterocycles. The maximum Gasteiger partial charge on any atom is 0.277 e. The Balaban J connectivity index is 1.40. The predicted octanol–water partition coefficient (Wildman–Crippen LogP) is 5.69. The highest BCUT2D eigenvalue weighted by Crippen LogP contribution is 2.31. The summed E-state index contributed by atoms with van der Waals surface area (Å²) in [5.74, 6) is 0.684. The fraction of sp³-hybridized carbons (Fsp3) is 0.111. The van der Waals surface area contributed by atoms with Crippen LogP contribution in [0.25, 0.3) is 22.0 Å². The molecule has 0 atom stereocenters. The van der Waals surface area contributed by atoms with E-state index in [1.165, 1.54) is 20.9 Å². The Morgan fingerprint density at radius 3 is 2.35 bits per heavy atom. The third kappa shape index (κ3) is 4.37. The summed E-state index contributed by atoms with van der Waals surface area (Å²) in [4.78, 5) is 0. The van der Waals surface area contributed by atoms with Gasteiger partial charge in [-0.15, -0.1) is 11.3 Å². The average molecular weight is 489 g/mol. The summed E-state index contributed by atoms with van der Waals surface area (Å²) in [6.07, 6.45) is 2.26. The third-order valence-corrected chi connectivity index (χ3v) is 8.76. The highest BCUT2D eigenvalue weighted by Gasteiger charge is 2.22. The molecule has 0 saturated carbocycles. The Kier molecular flexibility index (Phi) is 6.24. The highest BCUT2D eigenvalue weighted by atomic mass is 32.2. The molecule has 172 valence electrons. The van der Waals surface area contributed by atoms with Crippen molar-refractivity contribution in [2.24, 2.45) is 5.73 Å². The summed E-state index contributed by atoms with van der Waals surface area (Å²) < 4.78 is 34.0. The van der Waals surface area contributed by atoms with Gasteiger partial charge in [-0.3, -0.25) is 0 Å². The van der Waals surface area contributed by atoms with Crippen molar-refractivity contribution >= 4 is 32.3 Å². The molecular formula is C27H24N2O3S2. The Labute approximate surface area is 203 Å². The van der Waals surface area contributed by atoms with Gasteiger partial charge < -0.3 is 10.5 Å². The molecule has 0 radical (unpaired) electrons. The molecule has 0 aliphatic heterocycles. The van der Waals surface area contributed by atoms with E-state index >= 15 is 0 Å². The van der Waals surface area contributed by atoms with Crippen molar-refractivity contribution in [3.05, 3.63) is 108 Å². The van der Waals surface area contributed by atoms with Gasteiger partial charge in [0.15, 0.2) is 0 Å². The lowest BCUT2D eigenvalue weighted by Gasteiger charge is -2.09. The van der Waals surface area contributed by atoms with Gasteiger partial charge in [-0.05, 0) is 64.9 Å². The van der Waals surface area contributed by atoms with Gasteiger partial charge >= 0.3 is 0 Å². The first-order valence-corrected chi connectivity index (χ1v) is 13.3. The molecule has 34 heavy (non-hydrogen) atoms. The lowest BCUT2D eigenvalue weighted by Crippen LogP contribution is -2.10. The van der Waals surface area contributed by atoms with Crippen LogP contribution in [0.1, 0.15) is 11.1 Å². The minimum atomic E-state index is -3.66. The highest BCUT2D eigenvalue weighted by molar-refractivity contribution is 7.92. The molecule has 5 aromatic rings. The molecule has 2 N–H and O–H groups in total. The maximum absolute atomic E-state index is 13.2. The van der Waals surface area contributed by atoms with Crippen molar-refractivity contribution < 1.29 is 13.2 Å². The fourth-order valence-electron chi connectivity index (χ4n) is 3.99. The first kappa shape index (κ1) is 22.4. The van der Waals surface area contributed by atoms with Crippen LogP contribution in [-0.4, -0.2) is 18.9 Å². The summed E-state index contributed by atoms with van der Waals surface area (Å²) in [6, 6.07) is 27.4. The van der Waals surface area contributed by atoms with E-state index in [9.17, 15) is 8.42 Å². The maximum atomic E-state index is 13.2. The predicted molar refractivity (Wildman–Crippen MR) is 138 cm³/mol. The van der Waals surface area contributed by atoms with Gasteiger partial charge in [0, 0.05) is 11.6 Å². The monoisotopic (exact) mass is 488 g/mol. The lowest BCUT2D eigenvalue weighted by molar-refractivity contribution is 0.306. The Bertz CT molecular complexity index is 1510. The summed E-state index contributed by atoms with van der Waals surface area (Å²) in [5, 5.41) is 2.60. The van der Waals surface area contributed by atoms with Crippen LogP contribution < -0.4 is 10.5 Å². The van der Waals surface area contributed by atoms with Crippen molar-refractivity contribution in [2.75, 3.05) is 6.54 Å². The number of nitrogens with zero attached hydrogens (tertiary/aromatic N) is 1. The number of hydrogen-bond acceptors (Lipinski definition) is 5. The van der Waals surface area contributed by atoms with Crippen LogP contribution in [0.3, 0.4) is 0 Å². The summed E-state index contributed by atoms with van der Waals surface area (Å²) in [6.45, 7) is 0.845. The standard InChI is InChI=1S/C27H24N2O3S2/c28-15-14-23-18-29(34(30,31)27-7-4-16-33-27)26-13-12-24(17-25(23)26)32-19-20-8-10-22(11-9-20)21-5-2-1-3-6-21/h1-13,16-18H,14-15,19,28H2. The molecule has 5 rings (SSSR count). The molecule has 0 fully saturated rings. The molecule has 0 spiro atoms. The summed E-state index contributed by atoms with van der Waals surface area (Å²) in [5.41, 5.74) is 10.7. The quantitative estimate of drug-likeness (QED) is 0.305. The normalized spacial score (nSPS) is 11.7. The molecule has 0 aliphatic carbocycles. The van der Waals surface area contributed by atoms with Gasteiger partial charge in [-0.25, -0.2) is 3.97 Å². The molecule has 0 aliphatic rings. The zero-order valence-electron chi connectivity index (χ0n) is 18.4.